The SMILES string of the molecule is COC(=O)[C@H](Cc1ccccc1)NC(=O)Nc1cccc([C@@H]2O[C@H](CN(Cc3ccccc3)Cc3ccccc3)[C@H](C)[C@H](c3ccc(CO)cc3)O2)c1. The molecule has 53 heavy (non-hydrogen) atoms. The fraction of sp³-hybridized carbons (Fsp3) is 0.273. The van der Waals surface area contributed by atoms with Crippen LogP contribution in [0.3, 0.4) is 0 Å². The van der Waals surface area contributed by atoms with Gasteiger partial charge in [0.2, 0.25) is 0 Å². The molecular formula is C44H47N3O6. The molecule has 1 fully saturated rings. The number of nitrogens with one attached hydrogen (secondary N) is 2. The normalized spacial score (nSPS) is 18.9. The van der Waals surface area contributed by atoms with Crippen molar-refractivity contribution < 1.29 is 28.9 Å². The molecule has 6 rings (SSSR count). The molecule has 9 heteroatoms. The van der Waals surface area contributed by atoms with Crippen LogP contribution < -0.4 is 10.6 Å². The van der Waals surface area contributed by atoms with Gasteiger partial charge in [0.05, 0.1) is 25.9 Å². The smallest absolute Gasteiger partial charge is 0.328 e. The zero-order chi connectivity index (χ0) is 37.0. The highest BCUT2D eigenvalue weighted by Crippen LogP contribution is 2.42. The fourth-order valence-electron chi connectivity index (χ4n) is 6.72. The van der Waals surface area contributed by atoms with Crippen LogP contribution in [-0.2, 0) is 45.1 Å². The van der Waals surface area contributed by atoms with Gasteiger partial charge in [-0.15, -0.1) is 0 Å². The van der Waals surface area contributed by atoms with Crippen LogP contribution >= 0.6 is 0 Å². The molecule has 274 valence electrons. The first-order chi connectivity index (χ1) is 25.9. The zero-order valence-electron chi connectivity index (χ0n) is 30.1. The van der Waals surface area contributed by atoms with Crippen LogP contribution in [-0.4, -0.2) is 47.8 Å². The van der Waals surface area contributed by atoms with Gasteiger partial charge in [-0.05, 0) is 39.9 Å². The Morgan fingerprint density at radius 3 is 1.92 bits per heavy atom. The van der Waals surface area contributed by atoms with Crippen molar-refractivity contribution in [1.29, 1.82) is 0 Å². The van der Waals surface area contributed by atoms with Crippen molar-refractivity contribution in [2.24, 2.45) is 5.92 Å². The largest absolute Gasteiger partial charge is 0.467 e. The lowest BCUT2D eigenvalue weighted by Gasteiger charge is -2.43. The molecule has 1 heterocycles. The molecule has 5 aromatic carbocycles. The van der Waals surface area contributed by atoms with Gasteiger partial charge in [-0.2, -0.15) is 0 Å². The van der Waals surface area contributed by atoms with Gasteiger partial charge in [0, 0.05) is 43.2 Å². The Bertz CT molecular complexity index is 1850. The second kappa shape index (κ2) is 18.4. The van der Waals surface area contributed by atoms with Gasteiger partial charge in [-0.3, -0.25) is 4.90 Å². The van der Waals surface area contributed by atoms with E-state index in [0.717, 1.165) is 35.3 Å². The number of ether oxygens (including phenoxy) is 3. The Balaban J connectivity index is 1.23. The second-order valence-electron chi connectivity index (χ2n) is 13.5. The van der Waals surface area contributed by atoms with Crippen molar-refractivity contribution in [1.82, 2.24) is 10.2 Å². The van der Waals surface area contributed by atoms with Crippen LogP contribution in [0.25, 0.3) is 0 Å². The predicted molar refractivity (Wildman–Crippen MR) is 205 cm³/mol. The summed E-state index contributed by atoms with van der Waals surface area (Å²) >= 11 is 0. The summed E-state index contributed by atoms with van der Waals surface area (Å²) in [5.74, 6) is -0.555. The van der Waals surface area contributed by atoms with E-state index in [-0.39, 0.29) is 31.2 Å². The van der Waals surface area contributed by atoms with E-state index in [0.29, 0.717) is 12.2 Å². The van der Waals surface area contributed by atoms with Gasteiger partial charge in [-0.25, -0.2) is 9.59 Å². The van der Waals surface area contributed by atoms with Crippen molar-refractivity contribution in [3.05, 3.63) is 173 Å². The molecule has 0 bridgehead atoms. The van der Waals surface area contributed by atoms with Crippen LogP contribution in [0.1, 0.15) is 52.7 Å². The number of aliphatic hydroxyl groups excluding tert-OH is 1. The maximum Gasteiger partial charge on any atom is 0.328 e. The highest BCUT2D eigenvalue weighted by Gasteiger charge is 2.39. The molecule has 5 atom stereocenters. The quantitative estimate of drug-likeness (QED) is 0.102. The number of amides is 2. The average molecular weight is 714 g/mol. The molecule has 0 aliphatic carbocycles. The molecule has 5 aromatic rings. The average Bonchev–Trinajstić information content (AvgIpc) is 3.19. The number of anilines is 1. The van der Waals surface area contributed by atoms with E-state index in [1.54, 1.807) is 6.07 Å². The van der Waals surface area contributed by atoms with E-state index >= 15 is 0 Å². The Kier molecular flexibility index (Phi) is 13.0. The van der Waals surface area contributed by atoms with E-state index in [9.17, 15) is 14.7 Å². The van der Waals surface area contributed by atoms with E-state index in [4.69, 9.17) is 14.2 Å². The van der Waals surface area contributed by atoms with E-state index in [1.165, 1.54) is 18.2 Å². The molecule has 9 nitrogen and oxygen atoms in total. The first kappa shape index (κ1) is 37.4. The number of aliphatic hydroxyl groups is 1. The topological polar surface area (TPSA) is 109 Å². The van der Waals surface area contributed by atoms with Gasteiger partial charge >= 0.3 is 12.0 Å². The lowest BCUT2D eigenvalue weighted by atomic mass is 9.89. The summed E-state index contributed by atoms with van der Waals surface area (Å²) in [7, 11) is 1.30. The van der Waals surface area contributed by atoms with Gasteiger partial charge in [0.15, 0.2) is 6.29 Å². The van der Waals surface area contributed by atoms with Gasteiger partial charge in [0.25, 0.3) is 0 Å². The Hall–Kier alpha value is -5.32. The van der Waals surface area contributed by atoms with Crippen molar-refractivity contribution >= 4 is 17.7 Å². The maximum atomic E-state index is 13.2. The third-order valence-electron chi connectivity index (χ3n) is 9.55. The number of nitrogens with zero attached hydrogens (tertiary/aromatic N) is 1. The summed E-state index contributed by atoms with van der Waals surface area (Å²) in [6, 6.07) is 44.2. The number of benzene rings is 5. The number of hydrogen-bond acceptors (Lipinski definition) is 7. The molecule has 1 aliphatic rings. The van der Waals surface area contributed by atoms with Gasteiger partial charge in [0.1, 0.15) is 6.04 Å². The molecule has 1 saturated heterocycles. The Morgan fingerprint density at radius 1 is 0.736 bits per heavy atom. The van der Waals surface area contributed by atoms with Crippen LogP contribution in [0.4, 0.5) is 10.5 Å². The molecule has 0 saturated carbocycles. The van der Waals surface area contributed by atoms with Crippen molar-refractivity contribution in [3.8, 4) is 0 Å². The molecule has 0 spiro atoms. The number of urea groups is 1. The number of esters is 1. The molecule has 0 radical (unpaired) electrons. The van der Waals surface area contributed by atoms with Crippen LogP contribution in [0.2, 0.25) is 0 Å². The van der Waals surface area contributed by atoms with E-state index in [2.05, 4.69) is 71.0 Å². The standard InChI is InChI=1S/C44H47N3O6/c1-31-40(29-47(27-33-15-8-4-9-16-33)28-34-17-10-5-11-18-34)52-43(53-41(31)36-23-21-35(30-48)22-24-36)37-19-12-20-38(26-37)45-44(50)46-39(42(49)51-2)25-32-13-6-3-7-14-32/h3-24,26,31,39-41,43,48H,25,27-30H2,1-2H3,(H2,45,46,50)/t31-,39-,40+,41+,43+/m0/s1. The molecule has 2 amide bonds. The summed E-state index contributed by atoms with van der Waals surface area (Å²) < 4.78 is 18.5. The molecule has 0 aromatic heterocycles. The molecule has 0 unspecified atom stereocenters. The zero-order valence-corrected chi connectivity index (χ0v) is 30.1. The highest BCUT2D eigenvalue weighted by atomic mass is 16.7. The van der Waals surface area contributed by atoms with Crippen LogP contribution in [0, 0.1) is 5.92 Å². The number of rotatable bonds is 14. The summed E-state index contributed by atoms with van der Waals surface area (Å²) in [6.45, 7) is 4.25. The summed E-state index contributed by atoms with van der Waals surface area (Å²) in [6.07, 6.45) is -0.973. The summed E-state index contributed by atoms with van der Waals surface area (Å²) in [5.41, 5.74) is 6.40. The summed E-state index contributed by atoms with van der Waals surface area (Å²) in [5, 5.41) is 15.3. The number of carbonyl (C=O) groups is 2. The Morgan fingerprint density at radius 2 is 1.34 bits per heavy atom. The van der Waals surface area contributed by atoms with Crippen LogP contribution in [0.5, 0.6) is 0 Å². The number of carbonyl (C=O) groups excluding carboxylic acids is 2. The first-order valence-corrected chi connectivity index (χ1v) is 18.0. The minimum atomic E-state index is -0.870. The minimum absolute atomic E-state index is 0.0211. The molecular weight excluding hydrogens is 666 g/mol. The number of hydrogen-bond donors (Lipinski definition) is 3. The second-order valence-corrected chi connectivity index (χ2v) is 13.5. The maximum absolute atomic E-state index is 13.2. The monoisotopic (exact) mass is 713 g/mol. The lowest BCUT2D eigenvalue weighted by molar-refractivity contribution is -0.276. The predicted octanol–water partition coefficient (Wildman–Crippen LogP) is 7.58. The summed E-state index contributed by atoms with van der Waals surface area (Å²) in [4.78, 5) is 28.2. The lowest BCUT2D eigenvalue weighted by Crippen LogP contribution is -2.45. The van der Waals surface area contributed by atoms with Crippen LogP contribution in [0.15, 0.2) is 140 Å². The molecule has 1 aliphatic heterocycles. The fourth-order valence-corrected chi connectivity index (χ4v) is 6.72. The minimum Gasteiger partial charge on any atom is -0.467 e. The van der Waals surface area contributed by atoms with Crippen molar-refractivity contribution in [2.75, 3.05) is 19.0 Å². The number of methoxy groups -OCH3 is 1. The third kappa shape index (κ3) is 10.4. The van der Waals surface area contributed by atoms with Gasteiger partial charge in [-0.1, -0.05) is 134 Å². The van der Waals surface area contributed by atoms with Crippen molar-refractivity contribution in [3.63, 3.8) is 0 Å². The van der Waals surface area contributed by atoms with E-state index < -0.39 is 24.3 Å². The van der Waals surface area contributed by atoms with Crippen molar-refractivity contribution in [2.45, 2.75) is 57.6 Å². The first-order valence-electron chi connectivity index (χ1n) is 18.0. The molecule has 3 N–H and O–H groups in total. The highest BCUT2D eigenvalue weighted by molar-refractivity contribution is 5.92. The van der Waals surface area contributed by atoms with E-state index in [1.807, 2.05) is 84.9 Å². The third-order valence-corrected chi connectivity index (χ3v) is 9.55. The van der Waals surface area contributed by atoms with Gasteiger partial charge < -0.3 is 30.0 Å². The Labute approximate surface area is 311 Å².